The highest BCUT2D eigenvalue weighted by Gasteiger charge is 2.18. The molecular weight excluding hydrogens is 210 g/mol. The molecule has 1 atom stereocenters. The lowest BCUT2D eigenvalue weighted by atomic mass is 10.1. The van der Waals surface area contributed by atoms with E-state index in [2.05, 4.69) is 5.32 Å². The smallest absolute Gasteiger partial charge is 0.326 e. The van der Waals surface area contributed by atoms with Crippen molar-refractivity contribution >= 4 is 11.9 Å². The third-order valence-electron chi connectivity index (χ3n) is 2.14. The quantitative estimate of drug-likeness (QED) is 0.710. The predicted octanol–water partition coefficient (Wildman–Crippen LogP) is 0.985. The Balaban J connectivity index is 2.71. The Hall–Kier alpha value is -2.04. The van der Waals surface area contributed by atoms with Crippen LogP contribution in [0.2, 0.25) is 0 Å². The lowest BCUT2D eigenvalue weighted by molar-refractivity contribution is -0.139. The third kappa shape index (κ3) is 2.98. The van der Waals surface area contributed by atoms with E-state index in [0.717, 1.165) is 0 Å². The first-order valence-corrected chi connectivity index (χ1v) is 4.87. The molecule has 0 aliphatic carbocycles. The number of nitrogens with one attached hydrogen (secondary N) is 1. The maximum Gasteiger partial charge on any atom is 0.326 e. The van der Waals surface area contributed by atoms with Gasteiger partial charge >= 0.3 is 5.97 Å². The second kappa shape index (κ2) is 5.16. The number of carboxylic acids is 1. The number of aliphatic carboxylic acids is 1. The van der Waals surface area contributed by atoms with Crippen molar-refractivity contribution in [2.45, 2.75) is 19.4 Å². The molecule has 5 nitrogen and oxygen atoms in total. The fraction of sp³-hybridized carbons (Fsp3) is 0.273. The average molecular weight is 223 g/mol. The van der Waals surface area contributed by atoms with Gasteiger partial charge in [-0.25, -0.2) is 4.79 Å². The van der Waals surface area contributed by atoms with E-state index in [-0.39, 0.29) is 5.75 Å². The molecular formula is C11H13NO4. The molecule has 0 unspecified atom stereocenters. The Morgan fingerprint density at radius 2 is 1.88 bits per heavy atom. The van der Waals surface area contributed by atoms with Crippen LogP contribution in [0.5, 0.6) is 5.75 Å². The van der Waals surface area contributed by atoms with Crippen molar-refractivity contribution in [2.75, 3.05) is 0 Å². The minimum absolute atomic E-state index is 0.0572. The fourth-order valence-corrected chi connectivity index (χ4v) is 1.19. The number of benzene rings is 1. The second-order valence-electron chi connectivity index (χ2n) is 3.32. The number of carbonyl (C=O) groups is 2. The number of phenolic OH excluding ortho intramolecular Hbond substituents is 1. The van der Waals surface area contributed by atoms with Crippen molar-refractivity contribution in [3.05, 3.63) is 29.8 Å². The Morgan fingerprint density at radius 3 is 2.31 bits per heavy atom. The second-order valence-corrected chi connectivity index (χ2v) is 3.32. The van der Waals surface area contributed by atoms with Gasteiger partial charge in [0.2, 0.25) is 0 Å². The van der Waals surface area contributed by atoms with Crippen LogP contribution in [0, 0.1) is 0 Å². The Morgan fingerprint density at radius 1 is 1.31 bits per heavy atom. The van der Waals surface area contributed by atoms with Crippen molar-refractivity contribution < 1.29 is 19.8 Å². The van der Waals surface area contributed by atoms with Crippen LogP contribution < -0.4 is 5.32 Å². The van der Waals surface area contributed by atoms with Gasteiger partial charge in [0.05, 0.1) is 0 Å². The molecule has 3 N–H and O–H groups in total. The molecule has 1 aromatic carbocycles. The van der Waals surface area contributed by atoms with Crippen LogP contribution in [0.25, 0.3) is 0 Å². The van der Waals surface area contributed by atoms with Crippen LogP contribution in [-0.2, 0) is 4.79 Å². The number of amides is 1. The largest absolute Gasteiger partial charge is 0.508 e. The highest BCUT2D eigenvalue weighted by molar-refractivity contribution is 5.96. The first-order valence-electron chi connectivity index (χ1n) is 4.87. The maximum absolute atomic E-state index is 11.6. The van der Waals surface area contributed by atoms with Gasteiger partial charge in [-0.2, -0.15) is 0 Å². The van der Waals surface area contributed by atoms with E-state index < -0.39 is 17.9 Å². The minimum Gasteiger partial charge on any atom is -0.508 e. The molecule has 86 valence electrons. The van der Waals surface area contributed by atoms with E-state index in [0.29, 0.717) is 12.0 Å². The van der Waals surface area contributed by atoms with Gasteiger partial charge in [-0.05, 0) is 30.7 Å². The summed E-state index contributed by atoms with van der Waals surface area (Å²) in [5, 5.41) is 20.2. The van der Waals surface area contributed by atoms with E-state index in [9.17, 15) is 9.59 Å². The maximum atomic E-state index is 11.6. The van der Waals surface area contributed by atoms with Crippen LogP contribution in [0.3, 0.4) is 0 Å². The van der Waals surface area contributed by atoms with Crippen molar-refractivity contribution in [3.63, 3.8) is 0 Å². The number of phenols is 1. The molecule has 5 heteroatoms. The standard InChI is InChI=1S/C11H13NO4/c1-2-9(11(15)16)12-10(14)7-3-5-8(13)6-4-7/h3-6,9,13H,2H2,1H3,(H,12,14)(H,15,16)/t9-/m0/s1. The van der Waals surface area contributed by atoms with Crippen LogP contribution in [0.15, 0.2) is 24.3 Å². The molecule has 1 amide bonds. The first kappa shape index (κ1) is 12.0. The van der Waals surface area contributed by atoms with E-state index in [4.69, 9.17) is 10.2 Å². The topological polar surface area (TPSA) is 86.6 Å². The molecule has 0 aromatic heterocycles. The summed E-state index contributed by atoms with van der Waals surface area (Å²) in [5.74, 6) is -1.47. The molecule has 0 bridgehead atoms. The van der Waals surface area contributed by atoms with Crippen molar-refractivity contribution in [2.24, 2.45) is 0 Å². The minimum atomic E-state index is -1.06. The molecule has 0 aliphatic heterocycles. The normalized spacial score (nSPS) is 11.8. The first-order chi connectivity index (χ1) is 7.54. The summed E-state index contributed by atoms with van der Waals surface area (Å²) < 4.78 is 0. The fourth-order valence-electron chi connectivity index (χ4n) is 1.19. The van der Waals surface area contributed by atoms with Gasteiger partial charge in [0.15, 0.2) is 0 Å². The monoisotopic (exact) mass is 223 g/mol. The zero-order valence-electron chi connectivity index (χ0n) is 8.80. The zero-order chi connectivity index (χ0) is 12.1. The Kier molecular flexibility index (Phi) is 3.88. The third-order valence-corrected chi connectivity index (χ3v) is 2.14. The molecule has 0 saturated heterocycles. The van der Waals surface area contributed by atoms with Gasteiger partial charge in [-0.15, -0.1) is 0 Å². The predicted molar refractivity (Wildman–Crippen MR) is 57.3 cm³/mol. The van der Waals surface area contributed by atoms with E-state index in [1.54, 1.807) is 6.92 Å². The summed E-state index contributed by atoms with van der Waals surface area (Å²) in [4.78, 5) is 22.3. The van der Waals surface area contributed by atoms with Crippen LogP contribution in [-0.4, -0.2) is 28.1 Å². The molecule has 1 rings (SSSR count). The summed E-state index contributed by atoms with van der Waals surface area (Å²) in [6, 6.07) is 4.72. The summed E-state index contributed by atoms with van der Waals surface area (Å²) in [6.45, 7) is 1.68. The Bertz CT molecular complexity index is 385. The lowest BCUT2D eigenvalue weighted by Crippen LogP contribution is -2.40. The highest BCUT2D eigenvalue weighted by atomic mass is 16.4. The average Bonchev–Trinajstić information content (AvgIpc) is 2.26. The number of rotatable bonds is 4. The Labute approximate surface area is 92.7 Å². The van der Waals surface area contributed by atoms with Gasteiger partial charge in [0, 0.05) is 5.56 Å². The molecule has 0 heterocycles. The van der Waals surface area contributed by atoms with Crippen molar-refractivity contribution in [3.8, 4) is 5.75 Å². The molecule has 0 fully saturated rings. The number of hydrogen-bond donors (Lipinski definition) is 3. The van der Waals surface area contributed by atoms with E-state index >= 15 is 0 Å². The van der Waals surface area contributed by atoms with Crippen molar-refractivity contribution in [1.29, 1.82) is 0 Å². The number of aromatic hydroxyl groups is 1. The van der Waals surface area contributed by atoms with Gasteiger partial charge in [0.1, 0.15) is 11.8 Å². The van der Waals surface area contributed by atoms with Gasteiger partial charge < -0.3 is 15.5 Å². The molecule has 0 radical (unpaired) electrons. The lowest BCUT2D eigenvalue weighted by Gasteiger charge is -2.11. The molecule has 16 heavy (non-hydrogen) atoms. The molecule has 0 spiro atoms. The van der Waals surface area contributed by atoms with E-state index in [1.807, 2.05) is 0 Å². The SMILES string of the molecule is CC[C@H](NC(=O)c1ccc(O)cc1)C(=O)O. The van der Waals surface area contributed by atoms with Gasteiger partial charge in [-0.1, -0.05) is 6.92 Å². The molecule has 1 aromatic rings. The van der Waals surface area contributed by atoms with Crippen molar-refractivity contribution in [1.82, 2.24) is 5.32 Å². The van der Waals surface area contributed by atoms with Crippen LogP contribution in [0.1, 0.15) is 23.7 Å². The summed E-state index contributed by atoms with van der Waals surface area (Å²) in [6.07, 6.45) is 0.319. The summed E-state index contributed by atoms with van der Waals surface area (Å²) in [5.41, 5.74) is 0.317. The van der Waals surface area contributed by atoms with Gasteiger partial charge in [0.25, 0.3) is 5.91 Å². The van der Waals surface area contributed by atoms with Gasteiger partial charge in [-0.3, -0.25) is 4.79 Å². The number of hydrogen-bond acceptors (Lipinski definition) is 3. The van der Waals surface area contributed by atoms with Crippen LogP contribution in [0.4, 0.5) is 0 Å². The zero-order valence-corrected chi connectivity index (χ0v) is 8.80. The molecule has 0 aliphatic rings. The number of carbonyl (C=O) groups excluding carboxylic acids is 1. The van der Waals surface area contributed by atoms with E-state index in [1.165, 1.54) is 24.3 Å². The van der Waals surface area contributed by atoms with Crippen LogP contribution >= 0.6 is 0 Å². The summed E-state index contributed by atoms with van der Waals surface area (Å²) in [7, 11) is 0. The highest BCUT2D eigenvalue weighted by Crippen LogP contribution is 2.09. The summed E-state index contributed by atoms with van der Waals surface area (Å²) >= 11 is 0. The molecule has 0 saturated carbocycles. The number of carboxylic acid groups (broad SMARTS) is 1.